The molecule has 0 aromatic carbocycles. The van der Waals surface area contributed by atoms with Gasteiger partial charge in [0.25, 0.3) is 0 Å². The SMILES string of the molecule is CC1(C)CN(Cc2ccccn2)CC(CCl)O1. The molecule has 1 aliphatic heterocycles. The van der Waals surface area contributed by atoms with Gasteiger partial charge in [-0.25, -0.2) is 0 Å². The van der Waals surface area contributed by atoms with Gasteiger partial charge in [-0.2, -0.15) is 0 Å². The highest BCUT2D eigenvalue weighted by atomic mass is 35.5. The van der Waals surface area contributed by atoms with Gasteiger partial charge in [-0.3, -0.25) is 9.88 Å². The molecule has 1 unspecified atom stereocenters. The van der Waals surface area contributed by atoms with Crippen LogP contribution < -0.4 is 0 Å². The van der Waals surface area contributed by atoms with Crippen molar-refractivity contribution in [1.29, 1.82) is 0 Å². The minimum atomic E-state index is -0.132. The number of halogens is 1. The van der Waals surface area contributed by atoms with Crippen LogP contribution in [0.4, 0.5) is 0 Å². The van der Waals surface area contributed by atoms with Gasteiger partial charge in [0.05, 0.1) is 17.4 Å². The molecule has 1 fully saturated rings. The lowest BCUT2D eigenvalue weighted by atomic mass is 10.1. The highest BCUT2D eigenvalue weighted by molar-refractivity contribution is 6.18. The maximum absolute atomic E-state index is 5.91. The molecule has 0 amide bonds. The normalized spacial score (nSPS) is 24.8. The van der Waals surface area contributed by atoms with Gasteiger partial charge in [0.2, 0.25) is 0 Å². The van der Waals surface area contributed by atoms with Crippen molar-refractivity contribution in [2.75, 3.05) is 19.0 Å². The number of aromatic nitrogens is 1. The summed E-state index contributed by atoms with van der Waals surface area (Å²) < 4.78 is 5.90. The van der Waals surface area contributed by atoms with Crippen molar-refractivity contribution in [3.63, 3.8) is 0 Å². The fourth-order valence-electron chi connectivity index (χ4n) is 2.34. The summed E-state index contributed by atoms with van der Waals surface area (Å²) >= 11 is 5.91. The van der Waals surface area contributed by atoms with Crippen LogP contribution in [0, 0.1) is 0 Å². The Hall–Kier alpha value is -0.640. The lowest BCUT2D eigenvalue weighted by molar-refractivity contribution is -0.129. The van der Waals surface area contributed by atoms with Gasteiger partial charge in [-0.05, 0) is 26.0 Å². The van der Waals surface area contributed by atoms with Gasteiger partial charge in [0.1, 0.15) is 0 Å². The van der Waals surface area contributed by atoms with Crippen LogP contribution in [-0.4, -0.2) is 40.6 Å². The van der Waals surface area contributed by atoms with E-state index in [1.54, 1.807) is 0 Å². The minimum Gasteiger partial charge on any atom is -0.368 e. The second-order valence-corrected chi connectivity index (χ2v) is 5.45. The lowest BCUT2D eigenvalue weighted by Crippen LogP contribution is -2.52. The molecule has 1 saturated heterocycles. The van der Waals surface area contributed by atoms with E-state index in [4.69, 9.17) is 16.3 Å². The Kier molecular flexibility index (Phi) is 4.02. The molecule has 1 aromatic rings. The van der Waals surface area contributed by atoms with Crippen molar-refractivity contribution in [3.8, 4) is 0 Å². The van der Waals surface area contributed by atoms with Crippen molar-refractivity contribution < 1.29 is 4.74 Å². The van der Waals surface area contributed by atoms with E-state index in [0.29, 0.717) is 5.88 Å². The summed E-state index contributed by atoms with van der Waals surface area (Å²) in [5, 5.41) is 0. The molecule has 0 aliphatic carbocycles. The smallest absolute Gasteiger partial charge is 0.0845 e. The van der Waals surface area contributed by atoms with E-state index in [2.05, 4.69) is 29.8 Å². The molecule has 2 rings (SSSR count). The molecule has 1 aliphatic rings. The summed E-state index contributed by atoms with van der Waals surface area (Å²) in [6.07, 6.45) is 1.95. The Morgan fingerprint density at radius 3 is 3.00 bits per heavy atom. The third-order valence-corrected chi connectivity index (χ3v) is 3.18. The number of pyridine rings is 1. The Bertz CT molecular complexity index is 356. The molecule has 2 heterocycles. The Balaban J connectivity index is 2.01. The van der Waals surface area contributed by atoms with Gasteiger partial charge < -0.3 is 4.74 Å². The largest absolute Gasteiger partial charge is 0.368 e. The van der Waals surface area contributed by atoms with Crippen molar-refractivity contribution in [2.24, 2.45) is 0 Å². The average Bonchev–Trinajstić information content (AvgIpc) is 2.28. The molecule has 1 atom stereocenters. The maximum atomic E-state index is 5.91. The number of rotatable bonds is 3. The van der Waals surface area contributed by atoms with E-state index in [1.165, 1.54) is 0 Å². The third-order valence-electron chi connectivity index (χ3n) is 2.84. The first kappa shape index (κ1) is 12.8. The summed E-state index contributed by atoms with van der Waals surface area (Å²) in [5.41, 5.74) is 0.963. The van der Waals surface area contributed by atoms with E-state index < -0.39 is 0 Å². The highest BCUT2D eigenvalue weighted by Crippen LogP contribution is 2.22. The number of alkyl halides is 1. The van der Waals surface area contributed by atoms with Crippen LogP contribution in [0.5, 0.6) is 0 Å². The van der Waals surface area contributed by atoms with E-state index in [0.717, 1.165) is 25.3 Å². The topological polar surface area (TPSA) is 25.4 Å². The highest BCUT2D eigenvalue weighted by Gasteiger charge is 2.32. The first-order chi connectivity index (χ1) is 8.09. The standard InChI is InChI=1S/C13H19ClN2O/c1-13(2)10-16(9-12(7-14)17-13)8-11-5-3-4-6-15-11/h3-6,12H,7-10H2,1-2H3. The first-order valence-electron chi connectivity index (χ1n) is 5.95. The number of hydrogen-bond donors (Lipinski definition) is 0. The molecule has 4 heteroatoms. The van der Waals surface area contributed by atoms with Gasteiger partial charge in [0.15, 0.2) is 0 Å². The van der Waals surface area contributed by atoms with Crippen LogP contribution in [0.2, 0.25) is 0 Å². The van der Waals surface area contributed by atoms with E-state index in [-0.39, 0.29) is 11.7 Å². The molecule has 17 heavy (non-hydrogen) atoms. The summed E-state index contributed by atoms with van der Waals surface area (Å²) in [7, 11) is 0. The van der Waals surface area contributed by atoms with E-state index in [9.17, 15) is 0 Å². The van der Waals surface area contributed by atoms with E-state index in [1.807, 2.05) is 18.3 Å². The number of morpholine rings is 1. The van der Waals surface area contributed by atoms with Crippen LogP contribution in [0.25, 0.3) is 0 Å². The molecule has 0 radical (unpaired) electrons. The van der Waals surface area contributed by atoms with Crippen molar-refractivity contribution in [1.82, 2.24) is 9.88 Å². The molecule has 1 aromatic heterocycles. The zero-order valence-corrected chi connectivity index (χ0v) is 11.2. The van der Waals surface area contributed by atoms with Gasteiger partial charge in [-0.15, -0.1) is 11.6 Å². The summed E-state index contributed by atoms with van der Waals surface area (Å²) in [6.45, 7) is 6.87. The van der Waals surface area contributed by atoms with Crippen molar-refractivity contribution in [2.45, 2.75) is 32.1 Å². The quantitative estimate of drug-likeness (QED) is 0.774. The predicted molar refractivity (Wildman–Crippen MR) is 69.2 cm³/mol. The average molecular weight is 255 g/mol. The summed E-state index contributed by atoms with van der Waals surface area (Å²) in [4.78, 5) is 6.72. The Morgan fingerprint density at radius 2 is 2.35 bits per heavy atom. The Morgan fingerprint density at radius 1 is 1.53 bits per heavy atom. The maximum Gasteiger partial charge on any atom is 0.0845 e. The van der Waals surface area contributed by atoms with Crippen LogP contribution >= 0.6 is 11.6 Å². The van der Waals surface area contributed by atoms with Gasteiger partial charge >= 0.3 is 0 Å². The fraction of sp³-hybridized carbons (Fsp3) is 0.615. The van der Waals surface area contributed by atoms with Gasteiger partial charge in [0, 0.05) is 31.7 Å². The molecule has 3 nitrogen and oxygen atoms in total. The predicted octanol–water partition coefficient (Wildman–Crippen LogP) is 2.30. The second kappa shape index (κ2) is 5.34. The van der Waals surface area contributed by atoms with Crippen molar-refractivity contribution >= 4 is 11.6 Å². The zero-order valence-electron chi connectivity index (χ0n) is 10.4. The van der Waals surface area contributed by atoms with E-state index >= 15 is 0 Å². The summed E-state index contributed by atoms with van der Waals surface area (Å²) in [5.74, 6) is 0.544. The molecule has 0 N–H and O–H groups in total. The third kappa shape index (κ3) is 3.66. The monoisotopic (exact) mass is 254 g/mol. The molecule has 0 bridgehead atoms. The van der Waals surface area contributed by atoms with Crippen LogP contribution in [0.1, 0.15) is 19.5 Å². The molecule has 94 valence electrons. The van der Waals surface area contributed by atoms with Crippen LogP contribution in [-0.2, 0) is 11.3 Å². The van der Waals surface area contributed by atoms with Gasteiger partial charge in [-0.1, -0.05) is 6.07 Å². The summed E-state index contributed by atoms with van der Waals surface area (Å²) in [6, 6.07) is 6.01. The number of nitrogens with zero attached hydrogens (tertiary/aromatic N) is 2. The van der Waals surface area contributed by atoms with Crippen LogP contribution in [0.3, 0.4) is 0 Å². The lowest BCUT2D eigenvalue weighted by Gasteiger charge is -2.42. The molecule has 0 saturated carbocycles. The van der Waals surface area contributed by atoms with Crippen molar-refractivity contribution in [3.05, 3.63) is 30.1 Å². The number of ether oxygens (including phenoxy) is 1. The molecule has 0 spiro atoms. The fourth-order valence-corrected chi connectivity index (χ4v) is 2.50. The zero-order chi connectivity index (χ0) is 12.3. The van der Waals surface area contributed by atoms with Crippen LogP contribution in [0.15, 0.2) is 24.4 Å². The second-order valence-electron chi connectivity index (χ2n) is 5.14. The first-order valence-corrected chi connectivity index (χ1v) is 6.48. The molecular weight excluding hydrogens is 236 g/mol. The Labute approximate surface area is 108 Å². The minimum absolute atomic E-state index is 0.115. The number of hydrogen-bond acceptors (Lipinski definition) is 3. The molecular formula is C13H19ClN2O.